The molecule has 1 rings (SSSR count). The van der Waals surface area contributed by atoms with Gasteiger partial charge >= 0.3 is 0 Å². The van der Waals surface area contributed by atoms with Crippen LogP contribution in [0.3, 0.4) is 0 Å². The van der Waals surface area contributed by atoms with Crippen LogP contribution in [0.4, 0.5) is 0 Å². The molecule has 0 bridgehead atoms. The smallest absolute Gasteiger partial charge is 0.0717 e. The third kappa shape index (κ3) is 7.06. The highest BCUT2D eigenvalue weighted by atomic mass is 16.5. The van der Waals surface area contributed by atoms with E-state index in [0.29, 0.717) is 12.5 Å². The van der Waals surface area contributed by atoms with E-state index in [1.54, 1.807) is 0 Å². The van der Waals surface area contributed by atoms with Crippen LogP contribution in [0.5, 0.6) is 0 Å². The van der Waals surface area contributed by atoms with Crippen LogP contribution in [-0.2, 0) is 11.3 Å². The van der Waals surface area contributed by atoms with Crippen LogP contribution in [0.25, 0.3) is 0 Å². The Kier molecular flexibility index (Phi) is 7.86. The summed E-state index contributed by atoms with van der Waals surface area (Å²) < 4.78 is 5.95. The predicted octanol–water partition coefficient (Wildman–Crippen LogP) is 4.26. The average Bonchev–Trinajstić information content (AvgIpc) is 2.39. The molecule has 2 heteroatoms. The third-order valence-corrected chi connectivity index (χ3v) is 3.52. The van der Waals surface area contributed by atoms with Crippen LogP contribution in [0.1, 0.15) is 46.1 Å². The second-order valence-electron chi connectivity index (χ2n) is 6.56. The molecule has 0 radical (unpaired) electrons. The Labute approximate surface area is 124 Å². The van der Waals surface area contributed by atoms with Crippen LogP contribution >= 0.6 is 0 Å². The second kappa shape index (κ2) is 9.15. The Balaban J connectivity index is 2.36. The second-order valence-corrected chi connectivity index (χ2v) is 6.56. The minimum Gasteiger partial charge on any atom is -0.376 e. The molecule has 1 unspecified atom stereocenters. The van der Waals surface area contributed by atoms with Gasteiger partial charge in [0.2, 0.25) is 0 Å². The molecule has 2 nitrogen and oxygen atoms in total. The molecule has 1 atom stereocenters. The lowest BCUT2D eigenvalue weighted by molar-refractivity contribution is 0.0370. The highest BCUT2D eigenvalue weighted by molar-refractivity contribution is 5.13. The van der Waals surface area contributed by atoms with E-state index in [1.807, 2.05) is 6.07 Å². The molecule has 0 heterocycles. The molecule has 0 amide bonds. The van der Waals surface area contributed by atoms with Crippen molar-refractivity contribution in [3.05, 3.63) is 35.9 Å². The minimum absolute atomic E-state index is 0.235. The summed E-state index contributed by atoms with van der Waals surface area (Å²) in [4.78, 5) is 0. The molecule has 0 aliphatic heterocycles. The summed E-state index contributed by atoms with van der Waals surface area (Å²) in [5, 5.41) is 3.58. The normalized spacial score (nSPS) is 14.4. The van der Waals surface area contributed by atoms with Crippen molar-refractivity contribution in [1.82, 2.24) is 5.32 Å². The van der Waals surface area contributed by atoms with Gasteiger partial charge in [-0.1, -0.05) is 64.4 Å². The number of hydrogen-bond donors (Lipinski definition) is 1. The molecule has 0 fully saturated rings. The predicted molar refractivity (Wildman–Crippen MR) is 86.8 cm³/mol. The molecule has 20 heavy (non-hydrogen) atoms. The zero-order chi connectivity index (χ0) is 14.8. The van der Waals surface area contributed by atoms with Crippen molar-refractivity contribution in [2.45, 2.75) is 47.1 Å². The molecule has 1 aromatic carbocycles. The Morgan fingerprint density at radius 2 is 1.90 bits per heavy atom. The lowest BCUT2D eigenvalue weighted by Crippen LogP contribution is -2.37. The maximum atomic E-state index is 5.95. The van der Waals surface area contributed by atoms with Gasteiger partial charge in [-0.25, -0.2) is 0 Å². The lowest BCUT2D eigenvalue weighted by atomic mass is 9.86. The standard InChI is InChI=1S/C18H31NO/c1-5-11-18(4,14-19-12-16(2)3)15-20-13-17-9-7-6-8-10-17/h6-10,16,19H,5,11-15H2,1-4H3. The van der Waals surface area contributed by atoms with Gasteiger partial charge in [0.15, 0.2) is 0 Å². The first-order valence-corrected chi connectivity index (χ1v) is 7.88. The first-order valence-electron chi connectivity index (χ1n) is 7.88. The summed E-state index contributed by atoms with van der Waals surface area (Å²) in [7, 11) is 0. The van der Waals surface area contributed by atoms with Gasteiger partial charge in [0.05, 0.1) is 13.2 Å². The van der Waals surface area contributed by atoms with Gasteiger partial charge in [-0.2, -0.15) is 0 Å². The molecule has 0 aliphatic rings. The van der Waals surface area contributed by atoms with Crippen molar-refractivity contribution >= 4 is 0 Å². The molecular formula is C18H31NO. The Bertz CT molecular complexity index is 350. The lowest BCUT2D eigenvalue weighted by Gasteiger charge is -2.30. The molecule has 1 N–H and O–H groups in total. The maximum absolute atomic E-state index is 5.95. The number of rotatable bonds is 10. The fourth-order valence-electron chi connectivity index (χ4n) is 2.47. The molecule has 1 aromatic rings. The summed E-state index contributed by atoms with van der Waals surface area (Å²) in [5.41, 5.74) is 1.49. The van der Waals surface area contributed by atoms with Crippen LogP contribution in [0.2, 0.25) is 0 Å². The van der Waals surface area contributed by atoms with E-state index in [2.05, 4.69) is 57.3 Å². The minimum atomic E-state index is 0.235. The van der Waals surface area contributed by atoms with E-state index in [-0.39, 0.29) is 5.41 Å². The largest absolute Gasteiger partial charge is 0.376 e. The summed E-state index contributed by atoms with van der Waals surface area (Å²) in [6, 6.07) is 10.4. The Morgan fingerprint density at radius 1 is 1.20 bits per heavy atom. The average molecular weight is 277 g/mol. The number of benzene rings is 1. The fraction of sp³-hybridized carbons (Fsp3) is 0.667. The van der Waals surface area contributed by atoms with E-state index < -0.39 is 0 Å². The first kappa shape index (κ1) is 17.2. The van der Waals surface area contributed by atoms with Crippen molar-refractivity contribution in [3.63, 3.8) is 0 Å². The number of hydrogen-bond acceptors (Lipinski definition) is 2. The number of nitrogens with one attached hydrogen (secondary N) is 1. The molecule has 0 saturated carbocycles. The van der Waals surface area contributed by atoms with Crippen molar-refractivity contribution in [2.24, 2.45) is 11.3 Å². The molecule has 0 spiro atoms. The molecule has 0 aromatic heterocycles. The van der Waals surface area contributed by atoms with Crippen molar-refractivity contribution in [1.29, 1.82) is 0 Å². The fourth-order valence-corrected chi connectivity index (χ4v) is 2.47. The van der Waals surface area contributed by atoms with E-state index >= 15 is 0 Å². The van der Waals surface area contributed by atoms with Crippen LogP contribution in [0, 0.1) is 11.3 Å². The number of ether oxygens (including phenoxy) is 1. The van der Waals surface area contributed by atoms with E-state index in [1.165, 1.54) is 18.4 Å². The van der Waals surface area contributed by atoms with Crippen LogP contribution in [0.15, 0.2) is 30.3 Å². The monoisotopic (exact) mass is 277 g/mol. The first-order chi connectivity index (χ1) is 9.56. The molecular weight excluding hydrogens is 246 g/mol. The Morgan fingerprint density at radius 3 is 2.50 bits per heavy atom. The highest BCUT2D eigenvalue weighted by Crippen LogP contribution is 2.23. The molecule has 114 valence electrons. The summed E-state index contributed by atoms with van der Waals surface area (Å²) in [6.07, 6.45) is 2.40. The van der Waals surface area contributed by atoms with Crippen LogP contribution in [-0.4, -0.2) is 19.7 Å². The summed E-state index contributed by atoms with van der Waals surface area (Å²) >= 11 is 0. The van der Waals surface area contributed by atoms with Gasteiger partial charge in [0.1, 0.15) is 0 Å². The Hall–Kier alpha value is -0.860. The molecule has 0 aliphatic carbocycles. The van der Waals surface area contributed by atoms with E-state index in [4.69, 9.17) is 4.74 Å². The van der Waals surface area contributed by atoms with Gasteiger partial charge in [-0.3, -0.25) is 0 Å². The zero-order valence-corrected chi connectivity index (χ0v) is 13.6. The van der Waals surface area contributed by atoms with Crippen molar-refractivity contribution < 1.29 is 4.74 Å². The topological polar surface area (TPSA) is 21.3 Å². The van der Waals surface area contributed by atoms with Crippen molar-refractivity contribution in [3.8, 4) is 0 Å². The third-order valence-electron chi connectivity index (χ3n) is 3.52. The van der Waals surface area contributed by atoms with Gasteiger partial charge in [0, 0.05) is 12.0 Å². The summed E-state index contributed by atoms with van der Waals surface area (Å²) in [6.45, 7) is 12.7. The van der Waals surface area contributed by atoms with E-state index in [0.717, 1.165) is 19.7 Å². The van der Waals surface area contributed by atoms with E-state index in [9.17, 15) is 0 Å². The van der Waals surface area contributed by atoms with Gasteiger partial charge in [-0.15, -0.1) is 0 Å². The van der Waals surface area contributed by atoms with Gasteiger partial charge in [0.25, 0.3) is 0 Å². The molecule has 0 saturated heterocycles. The van der Waals surface area contributed by atoms with Crippen LogP contribution < -0.4 is 5.32 Å². The zero-order valence-electron chi connectivity index (χ0n) is 13.6. The SMILES string of the molecule is CCCC(C)(CNCC(C)C)COCc1ccccc1. The summed E-state index contributed by atoms with van der Waals surface area (Å²) in [5.74, 6) is 0.700. The van der Waals surface area contributed by atoms with Gasteiger partial charge in [-0.05, 0) is 24.4 Å². The quantitative estimate of drug-likeness (QED) is 0.690. The maximum Gasteiger partial charge on any atom is 0.0717 e. The highest BCUT2D eigenvalue weighted by Gasteiger charge is 2.23. The van der Waals surface area contributed by atoms with Crippen molar-refractivity contribution in [2.75, 3.05) is 19.7 Å². The van der Waals surface area contributed by atoms with Gasteiger partial charge < -0.3 is 10.1 Å².